The highest BCUT2D eigenvalue weighted by molar-refractivity contribution is 6.31. The molecule has 0 bridgehead atoms. The molecule has 0 aliphatic heterocycles. The van der Waals surface area contributed by atoms with Gasteiger partial charge in [0.05, 0.1) is 6.10 Å². The molecule has 84 valence electrons. The molecule has 2 nitrogen and oxygen atoms in total. The Bertz CT molecular complexity index is 532. The van der Waals surface area contributed by atoms with Crippen LogP contribution in [0.3, 0.4) is 0 Å². The van der Waals surface area contributed by atoms with E-state index in [1.165, 1.54) is 10.9 Å². The Balaban J connectivity index is 2.26. The second kappa shape index (κ2) is 3.79. The van der Waals surface area contributed by atoms with E-state index >= 15 is 0 Å². The number of fused-ring (bicyclic) bond motifs is 3. The van der Waals surface area contributed by atoms with Crippen LogP contribution in [0, 0.1) is 0 Å². The van der Waals surface area contributed by atoms with Crippen LogP contribution in [0.1, 0.15) is 36.6 Å². The highest BCUT2D eigenvalue weighted by Crippen LogP contribution is 2.34. The highest BCUT2D eigenvalue weighted by atomic mass is 35.5. The maximum atomic E-state index is 10.0. The summed E-state index contributed by atoms with van der Waals surface area (Å²) >= 11 is 6.02. The van der Waals surface area contributed by atoms with Crippen LogP contribution in [-0.4, -0.2) is 10.1 Å². The molecule has 1 aromatic heterocycles. The number of hydrogen-bond donors (Lipinski definition) is 2. The van der Waals surface area contributed by atoms with Gasteiger partial charge < -0.3 is 10.1 Å². The molecule has 0 spiro atoms. The van der Waals surface area contributed by atoms with E-state index in [9.17, 15) is 5.11 Å². The van der Waals surface area contributed by atoms with Gasteiger partial charge in [0.2, 0.25) is 0 Å². The number of aryl methyl sites for hydroxylation is 1. The van der Waals surface area contributed by atoms with Crippen LogP contribution in [0.5, 0.6) is 0 Å². The molecule has 0 radical (unpaired) electrons. The molecule has 16 heavy (non-hydrogen) atoms. The second-order valence-electron chi connectivity index (χ2n) is 4.47. The number of halogens is 1. The minimum Gasteiger partial charge on any atom is -0.387 e. The van der Waals surface area contributed by atoms with Crippen LogP contribution in [0.4, 0.5) is 0 Å². The summed E-state index contributed by atoms with van der Waals surface area (Å²) in [6.45, 7) is 0. The zero-order chi connectivity index (χ0) is 11.1. The van der Waals surface area contributed by atoms with E-state index in [-0.39, 0.29) is 6.10 Å². The van der Waals surface area contributed by atoms with E-state index in [1.54, 1.807) is 0 Å². The first-order chi connectivity index (χ1) is 7.75. The molecule has 3 heteroatoms. The molecule has 0 amide bonds. The van der Waals surface area contributed by atoms with Gasteiger partial charge in [-0.1, -0.05) is 18.0 Å². The summed E-state index contributed by atoms with van der Waals surface area (Å²) in [5, 5.41) is 12.0. The minimum absolute atomic E-state index is 0.344. The van der Waals surface area contributed by atoms with Crippen molar-refractivity contribution in [3.05, 3.63) is 34.5 Å². The van der Waals surface area contributed by atoms with Crippen molar-refractivity contribution in [3.63, 3.8) is 0 Å². The molecule has 0 unspecified atom stereocenters. The Morgan fingerprint density at radius 2 is 2.19 bits per heavy atom. The normalized spacial score (nSPS) is 20.8. The summed E-state index contributed by atoms with van der Waals surface area (Å²) < 4.78 is 0. The van der Waals surface area contributed by atoms with E-state index in [1.807, 2.05) is 18.2 Å². The summed E-state index contributed by atoms with van der Waals surface area (Å²) in [5.41, 5.74) is 3.33. The van der Waals surface area contributed by atoms with Crippen molar-refractivity contribution in [2.45, 2.75) is 31.8 Å². The molecular formula is C13H14ClNO. The van der Waals surface area contributed by atoms with Gasteiger partial charge in [-0.3, -0.25) is 0 Å². The van der Waals surface area contributed by atoms with Crippen molar-refractivity contribution in [1.29, 1.82) is 0 Å². The third-order valence-corrected chi connectivity index (χ3v) is 3.62. The Morgan fingerprint density at radius 1 is 1.31 bits per heavy atom. The SMILES string of the molecule is O[C@H]1CCCCc2c1[nH]c1ccc(Cl)cc21. The van der Waals surface area contributed by atoms with Crippen molar-refractivity contribution < 1.29 is 5.11 Å². The number of aromatic nitrogens is 1. The standard InChI is InChI=1S/C13H14ClNO/c14-8-5-6-11-10(7-8)9-3-1-2-4-12(16)13(9)15-11/h5-7,12,15-16H,1-4H2/t12-/m0/s1. The molecule has 0 saturated carbocycles. The van der Waals surface area contributed by atoms with Gasteiger partial charge >= 0.3 is 0 Å². The minimum atomic E-state index is -0.344. The fraction of sp³-hybridized carbons (Fsp3) is 0.385. The summed E-state index contributed by atoms with van der Waals surface area (Å²) in [6, 6.07) is 5.86. The van der Waals surface area contributed by atoms with Crippen LogP contribution < -0.4 is 0 Å². The van der Waals surface area contributed by atoms with Gasteiger partial charge in [-0.2, -0.15) is 0 Å². The van der Waals surface area contributed by atoms with Crippen molar-refractivity contribution in [1.82, 2.24) is 4.98 Å². The van der Waals surface area contributed by atoms with Gasteiger partial charge in [0.25, 0.3) is 0 Å². The van der Waals surface area contributed by atoms with Crippen LogP contribution in [-0.2, 0) is 6.42 Å². The zero-order valence-corrected chi connectivity index (χ0v) is 9.72. The fourth-order valence-electron chi connectivity index (χ4n) is 2.58. The smallest absolute Gasteiger partial charge is 0.0940 e. The number of aliphatic hydroxyl groups is 1. The van der Waals surface area contributed by atoms with E-state index in [0.717, 1.165) is 41.9 Å². The third-order valence-electron chi connectivity index (χ3n) is 3.39. The predicted molar refractivity (Wildman–Crippen MR) is 65.8 cm³/mol. The van der Waals surface area contributed by atoms with Crippen molar-refractivity contribution in [2.24, 2.45) is 0 Å². The lowest BCUT2D eigenvalue weighted by molar-refractivity contribution is 0.163. The van der Waals surface area contributed by atoms with Gasteiger partial charge in [0.1, 0.15) is 0 Å². The first kappa shape index (κ1) is 10.2. The van der Waals surface area contributed by atoms with E-state index in [4.69, 9.17) is 11.6 Å². The van der Waals surface area contributed by atoms with Gasteiger partial charge in [-0.25, -0.2) is 0 Å². The number of hydrogen-bond acceptors (Lipinski definition) is 1. The van der Waals surface area contributed by atoms with Crippen molar-refractivity contribution >= 4 is 22.5 Å². The lowest BCUT2D eigenvalue weighted by Crippen LogP contribution is -1.97. The second-order valence-corrected chi connectivity index (χ2v) is 4.91. The largest absolute Gasteiger partial charge is 0.387 e. The molecule has 1 heterocycles. The summed E-state index contributed by atoms with van der Waals surface area (Å²) in [4.78, 5) is 3.32. The van der Waals surface area contributed by atoms with Gasteiger partial charge in [-0.15, -0.1) is 0 Å². The Labute approximate surface area is 99.2 Å². The van der Waals surface area contributed by atoms with Crippen LogP contribution in [0.15, 0.2) is 18.2 Å². The lowest BCUT2D eigenvalue weighted by Gasteiger charge is -2.05. The molecule has 3 rings (SSSR count). The summed E-state index contributed by atoms with van der Waals surface area (Å²) in [5.74, 6) is 0. The summed E-state index contributed by atoms with van der Waals surface area (Å²) in [7, 11) is 0. The molecule has 0 saturated heterocycles. The summed E-state index contributed by atoms with van der Waals surface area (Å²) in [6.07, 6.45) is 3.78. The maximum absolute atomic E-state index is 10.0. The topological polar surface area (TPSA) is 36.0 Å². The van der Waals surface area contributed by atoms with Gasteiger partial charge in [0, 0.05) is 21.6 Å². The first-order valence-electron chi connectivity index (χ1n) is 5.74. The van der Waals surface area contributed by atoms with Crippen molar-refractivity contribution in [2.75, 3.05) is 0 Å². The lowest BCUT2D eigenvalue weighted by atomic mass is 10.1. The molecule has 2 aromatic rings. The van der Waals surface area contributed by atoms with Crippen LogP contribution in [0.2, 0.25) is 5.02 Å². The quantitative estimate of drug-likeness (QED) is 0.673. The molecule has 1 aliphatic carbocycles. The van der Waals surface area contributed by atoms with Crippen molar-refractivity contribution in [3.8, 4) is 0 Å². The molecular weight excluding hydrogens is 222 g/mol. The van der Waals surface area contributed by atoms with Gasteiger partial charge in [0.15, 0.2) is 0 Å². The number of aromatic amines is 1. The number of H-pyrrole nitrogens is 1. The molecule has 2 N–H and O–H groups in total. The fourth-order valence-corrected chi connectivity index (χ4v) is 2.75. The van der Waals surface area contributed by atoms with Gasteiger partial charge in [-0.05, 0) is 43.0 Å². The Kier molecular flexibility index (Phi) is 2.41. The van der Waals surface area contributed by atoms with E-state index in [0.29, 0.717) is 0 Å². The van der Waals surface area contributed by atoms with Crippen LogP contribution >= 0.6 is 11.6 Å². The van der Waals surface area contributed by atoms with Crippen LogP contribution in [0.25, 0.3) is 10.9 Å². The Morgan fingerprint density at radius 3 is 3.06 bits per heavy atom. The number of benzene rings is 1. The highest BCUT2D eigenvalue weighted by Gasteiger charge is 2.20. The number of rotatable bonds is 0. The number of aliphatic hydroxyl groups excluding tert-OH is 1. The Hall–Kier alpha value is -0.990. The monoisotopic (exact) mass is 235 g/mol. The average Bonchev–Trinajstić information content (AvgIpc) is 2.52. The molecule has 1 aromatic carbocycles. The average molecular weight is 236 g/mol. The predicted octanol–water partition coefficient (Wildman–Crippen LogP) is 3.58. The zero-order valence-electron chi connectivity index (χ0n) is 8.96. The molecule has 1 aliphatic rings. The maximum Gasteiger partial charge on any atom is 0.0940 e. The molecule has 1 atom stereocenters. The molecule has 0 fully saturated rings. The van der Waals surface area contributed by atoms with E-state index < -0.39 is 0 Å². The first-order valence-corrected chi connectivity index (χ1v) is 6.11. The van der Waals surface area contributed by atoms with E-state index in [2.05, 4.69) is 4.98 Å². The third kappa shape index (κ3) is 1.53. The number of nitrogens with one attached hydrogen (secondary N) is 1.